The number of rotatable bonds is 7. The van der Waals surface area contributed by atoms with Gasteiger partial charge in [0.25, 0.3) is 6.43 Å². The quantitative estimate of drug-likeness (QED) is 0.519. The van der Waals surface area contributed by atoms with Gasteiger partial charge in [0.2, 0.25) is 0 Å². The normalized spacial score (nSPS) is 12.8. The van der Waals surface area contributed by atoms with Crippen LogP contribution in [0.3, 0.4) is 0 Å². The van der Waals surface area contributed by atoms with Crippen molar-refractivity contribution in [3.63, 3.8) is 0 Å². The van der Waals surface area contributed by atoms with Crippen LogP contribution in [0.25, 0.3) is 0 Å². The van der Waals surface area contributed by atoms with Crippen molar-refractivity contribution in [1.29, 1.82) is 0 Å². The van der Waals surface area contributed by atoms with Crippen molar-refractivity contribution in [2.75, 3.05) is 20.3 Å². The molecule has 0 heterocycles. The van der Waals surface area contributed by atoms with Crippen LogP contribution in [-0.4, -0.2) is 26.7 Å². The first-order valence-corrected chi connectivity index (χ1v) is 6.67. The highest BCUT2D eigenvalue weighted by Crippen LogP contribution is 2.37. The molecule has 0 saturated heterocycles. The van der Waals surface area contributed by atoms with E-state index in [1.807, 2.05) is 0 Å². The van der Waals surface area contributed by atoms with Crippen LogP contribution in [0.15, 0.2) is 12.1 Å². The molecule has 0 amide bonds. The van der Waals surface area contributed by atoms with Gasteiger partial charge in [0, 0.05) is 17.7 Å². The minimum Gasteiger partial charge on any atom is -0.495 e. The summed E-state index contributed by atoms with van der Waals surface area (Å²) in [4.78, 5) is 0. The molecule has 2 nitrogen and oxygen atoms in total. The maximum Gasteiger partial charge on any atom is 0.261 e. The van der Waals surface area contributed by atoms with E-state index >= 15 is 0 Å². The fourth-order valence-corrected chi connectivity index (χ4v) is 2.32. The summed E-state index contributed by atoms with van der Waals surface area (Å²) in [6.45, 7) is -0.473. The van der Waals surface area contributed by atoms with Crippen molar-refractivity contribution < 1.29 is 18.3 Å². The van der Waals surface area contributed by atoms with E-state index in [0.717, 1.165) is 0 Å². The lowest BCUT2D eigenvalue weighted by atomic mass is 10.1. The predicted octanol–water partition coefficient (Wildman–Crippen LogP) is 4.95. The highest BCUT2D eigenvalue weighted by Gasteiger charge is 2.15. The Hall–Kier alpha value is -0.290. The fraction of sp³-hybridized carbons (Fsp3) is 0.500. The molecule has 0 fully saturated rings. The van der Waals surface area contributed by atoms with Crippen LogP contribution in [0.4, 0.5) is 8.78 Å². The molecule has 0 aliphatic carbocycles. The first-order valence-electron chi connectivity index (χ1n) is 5.48. The van der Waals surface area contributed by atoms with Crippen molar-refractivity contribution >= 4 is 34.8 Å². The van der Waals surface area contributed by atoms with E-state index in [1.54, 1.807) is 12.1 Å². The third-order valence-electron chi connectivity index (χ3n) is 2.37. The fourth-order valence-electron chi connectivity index (χ4n) is 1.46. The van der Waals surface area contributed by atoms with E-state index in [4.69, 9.17) is 44.3 Å². The van der Waals surface area contributed by atoms with E-state index in [9.17, 15) is 8.78 Å². The van der Waals surface area contributed by atoms with Crippen molar-refractivity contribution in [3.05, 3.63) is 27.7 Å². The molecule has 0 saturated carbocycles. The van der Waals surface area contributed by atoms with Gasteiger partial charge in [0.1, 0.15) is 12.4 Å². The zero-order chi connectivity index (χ0) is 14.4. The van der Waals surface area contributed by atoms with E-state index in [-0.39, 0.29) is 6.61 Å². The van der Waals surface area contributed by atoms with Gasteiger partial charge in [-0.15, -0.1) is 11.6 Å². The number of alkyl halides is 3. The van der Waals surface area contributed by atoms with Gasteiger partial charge in [0.05, 0.1) is 17.5 Å². The van der Waals surface area contributed by atoms with Gasteiger partial charge in [-0.1, -0.05) is 23.2 Å². The topological polar surface area (TPSA) is 18.5 Å². The van der Waals surface area contributed by atoms with Crippen LogP contribution < -0.4 is 4.74 Å². The summed E-state index contributed by atoms with van der Waals surface area (Å²) >= 11 is 18.2. The van der Waals surface area contributed by atoms with Gasteiger partial charge in [0.15, 0.2) is 0 Å². The summed E-state index contributed by atoms with van der Waals surface area (Å²) in [7, 11) is 1.48. The second-order valence-corrected chi connectivity index (χ2v) is 5.07. The Morgan fingerprint density at radius 1 is 1.21 bits per heavy atom. The maximum absolute atomic E-state index is 11.9. The molecule has 1 aromatic rings. The van der Waals surface area contributed by atoms with Crippen molar-refractivity contribution in [2.45, 2.75) is 18.2 Å². The SMILES string of the molecule is COc1cc(Cl)c(C(Cl)CCOCC(F)F)cc1Cl. The number of halogens is 5. The summed E-state index contributed by atoms with van der Waals surface area (Å²) in [5.74, 6) is 0.452. The molecule has 0 bridgehead atoms. The Morgan fingerprint density at radius 2 is 1.89 bits per heavy atom. The summed E-state index contributed by atoms with van der Waals surface area (Å²) in [6, 6.07) is 3.17. The van der Waals surface area contributed by atoms with Crippen LogP contribution in [-0.2, 0) is 4.74 Å². The number of ether oxygens (including phenoxy) is 2. The molecule has 0 aromatic heterocycles. The van der Waals surface area contributed by atoms with Gasteiger partial charge in [-0.2, -0.15) is 0 Å². The molecule has 0 N–H and O–H groups in total. The van der Waals surface area contributed by atoms with E-state index in [0.29, 0.717) is 27.8 Å². The van der Waals surface area contributed by atoms with Gasteiger partial charge in [-0.05, 0) is 18.1 Å². The summed E-state index contributed by atoms with van der Waals surface area (Å²) in [5.41, 5.74) is 0.620. The Kier molecular flexibility index (Phi) is 7.15. The molecule has 0 spiro atoms. The summed E-state index contributed by atoms with van der Waals surface area (Å²) in [5, 5.41) is 0.338. The van der Waals surface area contributed by atoms with Crippen molar-refractivity contribution in [1.82, 2.24) is 0 Å². The third-order valence-corrected chi connectivity index (χ3v) is 3.44. The minimum atomic E-state index is -2.48. The van der Waals surface area contributed by atoms with Gasteiger partial charge >= 0.3 is 0 Å². The lowest BCUT2D eigenvalue weighted by molar-refractivity contribution is 0.0165. The molecule has 19 heavy (non-hydrogen) atoms. The summed E-state index contributed by atoms with van der Waals surface area (Å²) < 4.78 is 33.5. The average molecular weight is 334 g/mol. The lowest BCUT2D eigenvalue weighted by Gasteiger charge is -2.14. The number of hydrogen-bond acceptors (Lipinski definition) is 2. The third kappa shape index (κ3) is 5.30. The molecule has 1 rings (SSSR count). The molecule has 7 heteroatoms. The highest BCUT2D eigenvalue weighted by molar-refractivity contribution is 6.35. The predicted molar refractivity (Wildman–Crippen MR) is 73.0 cm³/mol. The molecule has 0 radical (unpaired) electrons. The molecule has 0 aliphatic rings. The number of methoxy groups -OCH3 is 1. The second kappa shape index (κ2) is 8.10. The van der Waals surface area contributed by atoms with E-state index < -0.39 is 18.4 Å². The van der Waals surface area contributed by atoms with Crippen LogP contribution in [0, 0.1) is 0 Å². The van der Waals surface area contributed by atoms with Crippen LogP contribution in [0.2, 0.25) is 10.0 Å². The molecular formula is C12H13Cl3F2O2. The van der Waals surface area contributed by atoms with Crippen molar-refractivity contribution in [2.24, 2.45) is 0 Å². The largest absolute Gasteiger partial charge is 0.495 e. The van der Waals surface area contributed by atoms with Gasteiger partial charge in [-0.25, -0.2) is 8.78 Å². The van der Waals surface area contributed by atoms with Gasteiger partial charge in [-0.3, -0.25) is 0 Å². The van der Waals surface area contributed by atoms with Crippen LogP contribution in [0.5, 0.6) is 5.75 Å². The Balaban J connectivity index is 2.61. The van der Waals surface area contributed by atoms with E-state index in [2.05, 4.69) is 0 Å². The zero-order valence-corrected chi connectivity index (χ0v) is 12.4. The minimum absolute atomic E-state index is 0.123. The van der Waals surface area contributed by atoms with Crippen molar-refractivity contribution in [3.8, 4) is 5.75 Å². The monoisotopic (exact) mass is 332 g/mol. The van der Waals surface area contributed by atoms with E-state index in [1.165, 1.54) is 7.11 Å². The Labute approximate surface area is 125 Å². The highest BCUT2D eigenvalue weighted by atomic mass is 35.5. The molecule has 1 atom stereocenters. The molecule has 1 aromatic carbocycles. The molecule has 108 valence electrons. The summed E-state index contributed by atoms with van der Waals surface area (Å²) in [6.07, 6.45) is -2.12. The Bertz CT molecular complexity index is 416. The van der Waals surface area contributed by atoms with Crippen LogP contribution >= 0.6 is 34.8 Å². The standard InChI is InChI=1S/C12H13Cl3F2O2/c1-18-11-5-9(14)7(4-10(11)15)8(13)2-3-19-6-12(16)17/h4-5,8,12H,2-3,6H2,1H3. The first kappa shape index (κ1) is 16.8. The number of benzene rings is 1. The molecule has 0 aliphatic heterocycles. The van der Waals surface area contributed by atoms with Crippen LogP contribution in [0.1, 0.15) is 17.4 Å². The maximum atomic E-state index is 11.9. The molecule has 1 unspecified atom stereocenters. The smallest absolute Gasteiger partial charge is 0.261 e. The average Bonchev–Trinajstić information content (AvgIpc) is 2.36. The number of hydrogen-bond donors (Lipinski definition) is 0. The Morgan fingerprint density at radius 3 is 2.47 bits per heavy atom. The first-order chi connectivity index (χ1) is 8.95. The lowest BCUT2D eigenvalue weighted by Crippen LogP contribution is -2.07. The second-order valence-electron chi connectivity index (χ2n) is 3.73. The van der Waals surface area contributed by atoms with Gasteiger partial charge < -0.3 is 9.47 Å². The zero-order valence-electron chi connectivity index (χ0n) is 10.1. The molecular weight excluding hydrogens is 320 g/mol.